The Morgan fingerprint density at radius 3 is 1.80 bits per heavy atom. The van der Waals surface area contributed by atoms with Crippen LogP contribution in [0.25, 0.3) is 0 Å². The Kier molecular flexibility index (Phi) is 3.19. The number of hydrogen-bond acceptors (Lipinski definition) is 1. The van der Waals surface area contributed by atoms with E-state index in [9.17, 15) is 8.78 Å². The second-order valence-electron chi connectivity index (χ2n) is 0.397. The van der Waals surface area contributed by atoms with Crippen LogP contribution in [0.15, 0.2) is 0 Å². The molecule has 0 amide bonds. The molecule has 0 atom stereocenters. The van der Waals surface area contributed by atoms with Crippen LogP contribution < -0.4 is 0 Å². The van der Waals surface area contributed by atoms with Gasteiger partial charge in [-0.3, -0.25) is 0 Å². The molecule has 0 aliphatic carbocycles. The van der Waals surface area contributed by atoms with Gasteiger partial charge in [-0.15, -0.1) is 0 Å². The zero-order valence-corrected chi connectivity index (χ0v) is 5.61. The molecule has 0 saturated carbocycles. The summed E-state index contributed by atoms with van der Waals surface area (Å²) >= 11 is 0.176. The standard InChI is InChI=1S/CHF2O.Sn.H/c2-1(3)4;;/h1H;;/q-1;+1;. The molecule has 0 bridgehead atoms. The quantitative estimate of drug-likeness (QED) is 0.526. The van der Waals surface area contributed by atoms with E-state index in [0.717, 1.165) is 0 Å². The monoisotopic (exact) mass is 188 g/mol. The van der Waals surface area contributed by atoms with Crippen molar-refractivity contribution in [3.63, 3.8) is 0 Å². The van der Waals surface area contributed by atoms with Crippen LogP contribution >= 0.6 is 0 Å². The van der Waals surface area contributed by atoms with Crippen molar-refractivity contribution in [3.8, 4) is 0 Å². The molecule has 0 aliphatic rings. The third-order valence-electron chi connectivity index (χ3n) is 0.103. The SMILES string of the molecule is FC(F)[O][SnH]. The first kappa shape index (κ1) is 5.62. The van der Waals surface area contributed by atoms with Crippen LogP contribution in [0, 0.1) is 0 Å². The first-order valence-electron chi connectivity index (χ1n) is 0.908. The minimum atomic E-state index is -2.56. The Balaban J connectivity index is 2.54. The zero-order chi connectivity index (χ0) is 4.28. The molecule has 0 aromatic rings. The summed E-state index contributed by atoms with van der Waals surface area (Å²) in [5.74, 6) is 0. The van der Waals surface area contributed by atoms with Gasteiger partial charge in [0.05, 0.1) is 0 Å². The van der Waals surface area contributed by atoms with Crippen LogP contribution in [-0.4, -0.2) is 29.6 Å². The third kappa shape index (κ3) is 4.62. The van der Waals surface area contributed by atoms with E-state index in [0.29, 0.717) is 0 Å². The van der Waals surface area contributed by atoms with Gasteiger partial charge in [-0.1, -0.05) is 0 Å². The van der Waals surface area contributed by atoms with Crippen LogP contribution in [0.2, 0.25) is 0 Å². The molecule has 5 heavy (non-hydrogen) atoms. The summed E-state index contributed by atoms with van der Waals surface area (Å²) in [6, 6.07) is 0. The molecule has 1 nitrogen and oxygen atoms in total. The van der Waals surface area contributed by atoms with Crippen molar-refractivity contribution in [1.82, 2.24) is 0 Å². The van der Waals surface area contributed by atoms with Crippen molar-refractivity contribution in [1.29, 1.82) is 0 Å². The number of hydrogen-bond donors (Lipinski definition) is 0. The third-order valence-corrected chi connectivity index (χ3v) is 0.690. The van der Waals surface area contributed by atoms with Crippen LogP contribution in [0.1, 0.15) is 0 Å². The fourth-order valence-electron chi connectivity index (χ4n) is 0. The zero-order valence-electron chi connectivity index (χ0n) is 2.32. The van der Waals surface area contributed by atoms with E-state index in [1.807, 2.05) is 0 Å². The van der Waals surface area contributed by atoms with Gasteiger partial charge in [-0.25, -0.2) is 0 Å². The van der Waals surface area contributed by atoms with Gasteiger partial charge < -0.3 is 0 Å². The molecular formula is CH2F2OSn. The second kappa shape index (κ2) is 2.84. The molecule has 0 spiro atoms. The number of halogens is 2. The summed E-state index contributed by atoms with van der Waals surface area (Å²) < 4.78 is 24.7. The van der Waals surface area contributed by atoms with E-state index in [1.54, 1.807) is 0 Å². The van der Waals surface area contributed by atoms with Crippen molar-refractivity contribution in [2.75, 3.05) is 0 Å². The minimum absolute atomic E-state index is 0.176. The Labute approximate surface area is 41.9 Å². The summed E-state index contributed by atoms with van der Waals surface area (Å²) in [6.07, 6.45) is 0. The van der Waals surface area contributed by atoms with Gasteiger partial charge in [0.25, 0.3) is 0 Å². The summed E-state index contributed by atoms with van der Waals surface area (Å²) in [4.78, 5) is 0. The van der Waals surface area contributed by atoms with Gasteiger partial charge in [0.1, 0.15) is 0 Å². The van der Waals surface area contributed by atoms with E-state index >= 15 is 0 Å². The molecule has 0 aromatic carbocycles. The molecule has 0 fully saturated rings. The predicted molar refractivity (Wildman–Crippen MR) is 14.2 cm³/mol. The van der Waals surface area contributed by atoms with Crippen molar-refractivity contribution >= 4 is 22.9 Å². The fraction of sp³-hybridized carbons (Fsp3) is 1.00. The molecule has 0 heterocycles. The summed E-state index contributed by atoms with van der Waals surface area (Å²) in [6.45, 7) is -2.56. The van der Waals surface area contributed by atoms with Crippen molar-refractivity contribution in [2.45, 2.75) is 6.61 Å². The summed E-state index contributed by atoms with van der Waals surface area (Å²) in [7, 11) is 0. The van der Waals surface area contributed by atoms with Crippen LogP contribution in [0.3, 0.4) is 0 Å². The average molecular weight is 187 g/mol. The Morgan fingerprint density at radius 1 is 1.60 bits per heavy atom. The fourth-order valence-corrected chi connectivity index (χ4v) is 0. The van der Waals surface area contributed by atoms with Gasteiger partial charge in [-0.2, -0.15) is 0 Å². The molecule has 0 saturated heterocycles. The molecule has 0 rings (SSSR count). The molecule has 0 aliphatic heterocycles. The maximum absolute atomic E-state index is 10.6. The number of alkyl halides is 2. The van der Waals surface area contributed by atoms with Gasteiger partial charge in [-0.05, 0) is 0 Å². The maximum atomic E-state index is 10.6. The van der Waals surface area contributed by atoms with E-state index in [4.69, 9.17) is 0 Å². The van der Waals surface area contributed by atoms with Crippen molar-refractivity contribution in [3.05, 3.63) is 0 Å². The molecule has 2 radical (unpaired) electrons. The first-order chi connectivity index (χ1) is 2.27. The van der Waals surface area contributed by atoms with Crippen LogP contribution in [0.5, 0.6) is 0 Å². The Bertz CT molecular complexity index is 23.6. The van der Waals surface area contributed by atoms with Gasteiger partial charge >= 0.3 is 41.4 Å². The van der Waals surface area contributed by atoms with E-state index in [-0.39, 0.29) is 22.9 Å². The molecule has 0 N–H and O–H groups in total. The van der Waals surface area contributed by atoms with Crippen molar-refractivity contribution in [2.24, 2.45) is 0 Å². The van der Waals surface area contributed by atoms with Crippen molar-refractivity contribution < 1.29 is 11.9 Å². The van der Waals surface area contributed by atoms with Crippen LogP contribution in [-0.2, 0) is 3.07 Å². The van der Waals surface area contributed by atoms with Gasteiger partial charge in [0.2, 0.25) is 0 Å². The molecular weight excluding hydrogens is 185 g/mol. The molecule has 30 valence electrons. The van der Waals surface area contributed by atoms with E-state index in [1.165, 1.54) is 0 Å². The van der Waals surface area contributed by atoms with E-state index in [2.05, 4.69) is 3.07 Å². The van der Waals surface area contributed by atoms with Crippen LogP contribution in [0.4, 0.5) is 8.78 Å². The Morgan fingerprint density at radius 2 is 1.80 bits per heavy atom. The van der Waals surface area contributed by atoms with Gasteiger partial charge in [0, 0.05) is 0 Å². The average Bonchev–Trinajstić information content (AvgIpc) is 1.38. The molecule has 0 unspecified atom stereocenters. The second-order valence-corrected chi connectivity index (χ2v) is 1.17. The Hall–Kier alpha value is 0.619. The molecule has 0 aromatic heterocycles. The molecule has 4 heteroatoms. The normalized spacial score (nSPS) is 9.60. The summed E-state index contributed by atoms with van der Waals surface area (Å²) in [5, 5.41) is 0. The first-order valence-corrected chi connectivity index (χ1v) is 2.25. The topological polar surface area (TPSA) is 9.23 Å². The predicted octanol–water partition coefficient (Wildman–Crippen LogP) is 0.0414. The van der Waals surface area contributed by atoms with E-state index < -0.39 is 6.61 Å². The summed E-state index contributed by atoms with van der Waals surface area (Å²) in [5.41, 5.74) is 0. The number of rotatable bonds is 1. The van der Waals surface area contributed by atoms with Gasteiger partial charge in [0.15, 0.2) is 0 Å².